The topological polar surface area (TPSA) is 47.3 Å². The van der Waals surface area contributed by atoms with Gasteiger partial charge in [-0.1, -0.05) is 17.7 Å². The highest BCUT2D eigenvalue weighted by molar-refractivity contribution is 6.33. The van der Waals surface area contributed by atoms with Gasteiger partial charge in [-0.15, -0.1) is 0 Å². The third-order valence-electron chi connectivity index (χ3n) is 3.09. The molecule has 1 heterocycles. The number of nitrogens with one attached hydrogen (secondary N) is 1. The van der Waals surface area contributed by atoms with Crippen molar-refractivity contribution in [3.8, 4) is 0 Å². The van der Waals surface area contributed by atoms with Gasteiger partial charge in [0.05, 0.1) is 22.5 Å². The number of nitrogen functional groups attached to an aromatic ring is 1. The van der Waals surface area contributed by atoms with Crippen molar-refractivity contribution >= 4 is 23.0 Å². The van der Waals surface area contributed by atoms with E-state index in [9.17, 15) is 0 Å². The second-order valence-corrected chi connectivity index (χ2v) is 4.82. The summed E-state index contributed by atoms with van der Waals surface area (Å²) in [7, 11) is 0. The van der Waals surface area contributed by atoms with E-state index in [0.717, 1.165) is 25.3 Å². The van der Waals surface area contributed by atoms with Crippen LogP contribution in [0.3, 0.4) is 0 Å². The van der Waals surface area contributed by atoms with Crippen LogP contribution in [0.1, 0.15) is 25.7 Å². The maximum atomic E-state index is 6.08. The summed E-state index contributed by atoms with van der Waals surface area (Å²) >= 11 is 6.08. The van der Waals surface area contributed by atoms with Gasteiger partial charge in [0.15, 0.2) is 0 Å². The second-order valence-electron chi connectivity index (χ2n) is 4.41. The first kappa shape index (κ1) is 12.5. The quantitative estimate of drug-likeness (QED) is 0.811. The first-order valence-electron chi connectivity index (χ1n) is 6.17. The van der Waals surface area contributed by atoms with Crippen molar-refractivity contribution in [2.45, 2.75) is 31.8 Å². The van der Waals surface area contributed by atoms with Crippen LogP contribution in [0.25, 0.3) is 0 Å². The predicted octanol–water partition coefficient (Wildman–Crippen LogP) is 3.29. The van der Waals surface area contributed by atoms with E-state index in [1.54, 1.807) is 0 Å². The molecule has 4 heteroatoms. The van der Waals surface area contributed by atoms with E-state index in [0.29, 0.717) is 16.8 Å². The molecule has 1 fully saturated rings. The highest BCUT2D eigenvalue weighted by atomic mass is 35.5. The van der Waals surface area contributed by atoms with E-state index in [-0.39, 0.29) is 0 Å². The largest absolute Gasteiger partial charge is 0.397 e. The Morgan fingerprint density at radius 1 is 1.41 bits per heavy atom. The molecule has 1 saturated heterocycles. The van der Waals surface area contributed by atoms with E-state index in [2.05, 4.69) is 5.32 Å². The minimum Gasteiger partial charge on any atom is -0.397 e. The fourth-order valence-corrected chi connectivity index (χ4v) is 2.37. The fourth-order valence-electron chi connectivity index (χ4n) is 2.12. The zero-order valence-electron chi connectivity index (χ0n) is 9.92. The molecule has 1 aliphatic heterocycles. The van der Waals surface area contributed by atoms with Gasteiger partial charge in [-0.05, 0) is 37.8 Å². The number of nitrogens with two attached hydrogens (primary N) is 1. The number of hydrogen-bond donors (Lipinski definition) is 2. The number of benzene rings is 1. The monoisotopic (exact) mass is 254 g/mol. The van der Waals surface area contributed by atoms with Crippen LogP contribution in [0, 0.1) is 0 Å². The summed E-state index contributed by atoms with van der Waals surface area (Å²) in [6.07, 6.45) is 5.03. The molecule has 1 aromatic carbocycles. The Morgan fingerprint density at radius 2 is 2.29 bits per heavy atom. The van der Waals surface area contributed by atoms with Gasteiger partial charge in [0, 0.05) is 13.2 Å². The van der Waals surface area contributed by atoms with Crippen molar-refractivity contribution in [1.82, 2.24) is 0 Å². The molecule has 1 unspecified atom stereocenters. The van der Waals surface area contributed by atoms with E-state index < -0.39 is 0 Å². The van der Waals surface area contributed by atoms with Crippen LogP contribution in [-0.4, -0.2) is 19.3 Å². The fraction of sp³-hybridized carbons (Fsp3) is 0.538. The zero-order valence-corrected chi connectivity index (χ0v) is 10.7. The lowest BCUT2D eigenvalue weighted by Crippen LogP contribution is -2.22. The number of hydrogen-bond acceptors (Lipinski definition) is 3. The third-order valence-corrected chi connectivity index (χ3v) is 3.40. The van der Waals surface area contributed by atoms with Crippen LogP contribution < -0.4 is 11.1 Å². The molecule has 0 radical (unpaired) electrons. The predicted molar refractivity (Wildman–Crippen MR) is 72.6 cm³/mol. The Hall–Kier alpha value is -0.930. The summed E-state index contributed by atoms with van der Waals surface area (Å²) in [5.74, 6) is 0. The molecule has 0 bridgehead atoms. The van der Waals surface area contributed by atoms with Crippen molar-refractivity contribution in [3.63, 3.8) is 0 Å². The van der Waals surface area contributed by atoms with E-state index in [1.165, 1.54) is 19.3 Å². The van der Waals surface area contributed by atoms with Crippen molar-refractivity contribution in [2.75, 3.05) is 24.2 Å². The molecule has 17 heavy (non-hydrogen) atoms. The Balaban J connectivity index is 1.81. The number of ether oxygens (including phenoxy) is 1. The number of halogens is 1. The van der Waals surface area contributed by atoms with Gasteiger partial charge in [-0.2, -0.15) is 0 Å². The van der Waals surface area contributed by atoms with Crippen LogP contribution >= 0.6 is 11.6 Å². The first-order chi connectivity index (χ1) is 8.27. The summed E-state index contributed by atoms with van der Waals surface area (Å²) in [5, 5.41) is 3.97. The lowest BCUT2D eigenvalue weighted by molar-refractivity contribution is 0.0134. The van der Waals surface area contributed by atoms with Crippen molar-refractivity contribution in [1.29, 1.82) is 0 Å². The van der Waals surface area contributed by atoms with Crippen molar-refractivity contribution < 1.29 is 4.74 Å². The normalized spacial score (nSPS) is 20.2. The molecule has 0 spiro atoms. The highest BCUT2D eigenvalue weighted by Crippen LogP contribution is 2.28. The summed E-state index contributed by atoms with van der Waals surface area (Å²) in [5.41, 5.74) is 7.40. The van der Waals surface area contributed by atoms with Gasteiger partial charge in [-0.3, -0.25) is 0 Å². The lowest BCUT2D eigenvalue weighted by atomic mass is 10.1. The Kier molecular flexibility index (Phi) is 4.51. The van der Waals surface area contributed by atoms with Crippen LogP contribution in [0.5, 0.6) is 0 Å². The maximum absolute atomic E-state index is 6.08. The van der Waals surface area contributed by atoms with E-state index in [1.807, 2.05) is 18.2 Å². The molecule has 3 nitrogen and oxygen atoms in total. The summed E-state index contributed by atoms with van der Waals surface area (Å²) in [6.45, 7) is 1.75. The first-order valence-corrected chi connectivity index (χ1v) is 6.54. The Labute approximate surface area is 107 Å². The average Bonchev–Trinajstić information content (AvgIpc) is 2.34. The minimum atomic E-state index is 0.389. The van der Waals surface area contributed by atoms with E-state index in [4.69, 9.17) is 22.1 Å². The SMILES string of the molecule is Nc1cccc(Cl)c1NCCC1CCCCO1. The minimum absolute atomic E-state index is 0.389. The van der Waals surface area contributed by atoms with Gasteiger partial charge < -0.3 is 15.8 Å². The summed E-state index contributed by atoms with van der Waals surface area (Å²) < 4.78 is 5.67. The molecule has 0 saturated carbocycles. The summed E-state index contributed by atoms with van der Waals surface area (Å²) in [6, 6.07) is 5.55. The lowest BCUT2D eigenvalue weighted by Gasteiger charge is -2.23. The average molecular weight is 255 g/mol. The van der Waals surface area contributed by atoms with Crippen LogP contribution in [0.2, 0.25) is 5.02 Å². The van der Waals surface area contributed by atoms with Gasteiger partial charge in [0.1, 0.15) is 0 Å². The maximum Gasteiger partial charge on any atom is 0.0763 e. The van der Waals surface area contributed by atoms with Gasteiger partial charge in [0.25, 0.3) is 0 Å². The molecular formula is C13H19ClN2O. The molecule has 1 aromatic rings. The van der Waals surface area contributed by atoms with Crippen LogP contribution in [-0.2, 0) is 4.74 Å². The molecule has 2 rings (SSSR count). The molecule has 94 valence electrons. The van der Waals surface area contributed by atoms with Gasteiger partial charge in [-0.25, -0.2) is 0 Å². The molecule has 1 atom stereocenters. The molecule has 0 amide bonds. The standard InChI is InChI=1S/C13H19ClN2O/c14-11-5-3-6-12(15)13(11)16-8-7-10-4-1-2-9-17-10/h3,5-6,10,16H,1-2,4,7-9,15H2. The molecule has 1 aliphatic rings. The van der Waals surface area contributed by atoms with Crippen molar-refractivity contribution in [2.24, 2.45) is 0 Å². The number of rotatable bonds is 4. The molecule has 3 N–H and O–H groups in total. The van der Waals surface area contributed by atoms with Crippen LogP contribution in [0.15, 0.2) is 18.2 Å². The molecule has 0 aliphatic carbocycles. The van der Waals surface area contributed by atoms with Crippen molar-refractivity contribution in [3.05, 3.63) is 23.2 Å². The second kappa shape index (κ2) is 6.12. The van der Waals surface area contributed by atoms with E-state index >= 15 is 0 Å². The highest BCUT2D eigenvalue weighted by Gasteiger charge is 2.13. The summed E-state index contributed by atoms with van der Waals surface area (Å²) in [4.78, 5) is 0. The van der Waals surface area contributed by atoms with Gasteiger partial charge >= 0.3 is 0 Å². The smallest absolute Gasteiger partial charge is 0.0763 e. The van der Waals surface area contributed by atoms with Crippen LogP contribution in [0.4, 0.5) is 11.4 Å². The third kappa shape index (κ3) is 3.51. The Morgan fingerprint density at radius 3 is 3.00 bits per heavy atom. The molecule has 0 aromatic heterocycles. The van der Waals surface area contributed by atoms with Gasteiger partial charge in [0.2, 0.25) is 0 Å². The molecular weight excluding hydrogens is 236 g/mol. The number of anilines is 2. The zero-order chi connectivity index (χ0) is 12.1. The Bertz CT molecular complexity index is 344. The number of para-hydroxylation sites is 1.